The number of pyridine rings is 1. The lowest BCUT2D eigenvalue weighted by Gasteiger charge is -2.19. The molecule has 1 fully saturated rings. The van der Waals surface area contributed by atoms with E-state index in [1.807, 2.05) is 0 Å². The van der Waals surface area contributed by atoms with Crippen LogP contribution in [0.1, 0.15) is 30.4 Å². The third-order valence-corrected chi connectivity index (χ3v) is 3.17. The summed E-state index contributed by atoms with van der Waals surface area (Å²) in [5.74, 6) is 0. The number of aromatic nitrogens is 1. The molecular weight excluding hydrogens is 217 g/mol. The smallest absolute Gasteiger partial charge is 0.330 e. The fraction of sp³-hybridized carbons (Fsp3) is 0.545. The van der Waals surface area contributed by atoms with Crippen molar-refractivity contribution >= 4 is 0 Å². The molecule has 2 N–H and O–H groups in total. The van der Waals surface area contributed by atoms with Gasteiger partial charge in [0.15, 0.2) is 0 Å². The first-order valence-electron chi connectivity index (χ1n) is 5.21. The molecule has 0 aromatic carbocycles. The maximum atomic E-state index is 12.8. The second kappa shape index (κ2) is 3.73. The summed E-state index contributed by atoms with van der Waals surface area (Å²) in [7, 11) is 0. The summed E-state index contributed by atoms with van der Waals surface area (Å²) in [5, 5.41) is 0. The molecular formula is C11H13F3N2. The van der Waals surface area contributed by atoms with Crippen molar-refractivity contribution in [1.82, 2.24) is 4.98 Å². The number of nitrogens with two attached hydrogens (primary N) is 1. The normalized spacial score (nSPS) is 18.5. The number of halogens is 3. The molecule has 0 aliphatic heterocycles. The Morgan fingerprint density at radius 2 is 2.06 bits per heavy atom. The van der Waals surface area contributed by atoms with E-state index in [1.165, 1.54) is 12.4 Å². The van der Waals surface area contributed by atoms with Gasteiger partial charge in [-0.3, -0.25) is 4.98 Å². The van der Waals surface area contributed by atoms with Crippen molar-refractivity contribution < 1.29 is 13.2 Å². The molecule has 0 radical (unpaired) electrons. The van der Waals surface area contributed by atoms with E-state index >= 15 is 0 Å². The lowest BCUT2D eigenvalue weighted by molar-refractivity contribution is -0.138. The minimum atomic E-state index is -4.30. The zero-order chi connectivity index (χ0) is 11.8. The van der Waals surface area contributed by atoms with Crippen LogP contribution in [0.4, 0.5) is 13.2 Å². The minimum absolute atomic E-state index is 0.313. The molecule has 16 heavy (non-hydrogen) atoms. The molecule has 1 heterocycles. The Bertz CT molecular complexity index is 383. The Labute approximate surface area is 91.7 Å². The summed E-state index contributed by atoms with van der Waals surface area (Å²) in [4.78, 5) is 3.81. The molecule has 1 saturated carbocycles. The van der Waals surface area contributed by atoms with Crippen molar-refractivity contribution in [2.45, 2.75) is 30.9 Å². The van der Waals surface area contributed by atoms with Crippen LogP contribution in [0.25, 0.3) is 0 Å². The number of alkyl halides is 3. The summed E-state index contributed by atoms with van der Waals surface area (Å²) >= 11 is 0. The lowest BCUT2D eigenvalue weighted by atomic mass is 9.90. The highest BCUT2D eigenvalue weighted by atomic mass is 19.4. The molecule has 2 nitrogen and oxygen atoms in total. The van der Waals surface area contributed by atoms with Gasteiger partial charge in [0.2, 0.25) is 0 Å². The van der Waals surface area contributed by atoms with Gasteiger partial charge in [-0.25, -0.2) is 0 Å². The molecule has 1 aromatic rings. The maximum absolute atomic E-state index is 12.8. The van der Waals surface area contributed by atoms with Crippen LogP contribution in [0.5, 0.6) is 0 Å². The molecule has 0 amide bonds. The lowest BCUT2D eigenvalue weighted by Crippen LogP contribution is -2.19. The van der Waals surface area contributed by atoms with E-state index in [2.05, 4.69) is 4.98 Å². The monoisotopic (exact) mass is 230 g/mol. The molecule has 1 aliphatic carbocycles. The van der Waals surface area contributed by atoms with E-state index in [0.717, 1.165) is 18.9 Å². The van der Waals surface area contributed by atoms with Crippen molar-refractivity contribution in [2.75, 3.05) is 6.54 Å². The highest BCUT2D eigenvalue weighted by Gasteiger charge is 2.48. The zero-order valence-corrected chi connectivity index (χ0v) is 8.72. The topological polar surface area (TPSA) is 38.9 Å². The largest absolute Gasteiger partial charge is 0.416 e. The van der Waals surface area contributed by atoms with Crippen LogP contribution in [0.3, 0.4) is 0 Å². The van der Waals surface area contributed by atoms with Gasteiger partial charge < -0.3 is 5.73 Å². The third kappa shape index (κ3) is 1.91. The average Bonchev–Trinajstić information content (AvgIpc) is 2.98. The summed E-state index contributed by atoms with van der Waals surface area (Å²) in [5.41, 5.74) is 4.83. The van der Waals surface area contributed by atoms with Crippen LogP contribution in [-0.4, -0.2) is 11.5 Å². The van der Waals surface area contributed by atoms with Crippen molar-refractivity contribution in [2.24, 2.45) is 5.73 Å². The first-order chi connectivity index (χ1) is 7.49. The Morgan fingerprint density at radius 1 is 1.38 bits per heavy atom. The molecule has 0 spiro atoms. The second-order valence-electron chi connectivity index (χ2n) is 4.24. The van der Waals surface area contributed by atoms with Crippen LogP contribution in [0.2, 0.25) is 0 Å². The highest BCUT2D eigenvalue weighted by Crippen LogP contribution is 2.53. The van der Waals surface area contributed by atoms with E-state index in [9.17, 15) is 13.2 Å². The van der Waals surface area contributed by atoms with E-state index in [-0.39, 0.29) is 5.41 Å². The van der Waals surface area contributed by atoms with Crippen molar-refractivity contribution in [1.29, 1.82) is 0 Å². The molecule has 2 rings (SSSR count). The Kier molecular flexibility index (Phi) is 2.66. The van der Waals surface area contributed by atoms with E-state index < -0.39 is 11.7 Å². The quantitative estimate of drug-likeness (QED) is 0.866. The van der Waals surface area contributed by atoms with Crippen LogP contribution in [0, 0.1) is 0 Å². The van der Waals surface area contributed by atoms with Crippen LogP contribution in [-0.2, 0) is 11.6 Å². The SMILES string of the molecule is NCCC1(c2cnccc2C(F)(F)F)CC1. The molecule has 0 unspecified atom stereocenters. The number of nitrogens with zero attached hydrogens (tertiary/aromatic N) is 1. The molecule has 0 atom stereocenters. The fourth-order valence-electron chi connectivity index (χ4n) is 2.15. The van der Waals surface area contributed by atoms with Crippen LogP contribution in [0.15, 0.2) is 18.5 Å². The van der Waals surface area contributed by atoms with Gasteiger partial charge in [-0.05, 0) is 42.9 Å². The summed E-state index contributed by atoms with van der Waals surface area (Å²) in [6.45, 7) is 0.409. The predicted octanol–water partition coefficient (Wildman–Crippen LogP) is 2.48. The first-order valence-corrected chi connectivity index (χ1v) is 5.21. The number of hydrogen-bond donors (Lipinski definition) is 1. The average molecular weight is 230 g/mol. The van der Waals surface area contributed by atoms with Crippen molar-refractivity contribution in [3.8, 4) is 0 Å². The minimum Gasteiger partial charge on any atom is -0.330 e. The molecule has 1 aliphatic rings. The summed E-state index contributed by atoms with van der Waals surface area (Å²) in [6.07, 6.45) is 0.374. The van der Waals surface area contributed by atoms with Crippen molar-refractivity contribution in [3.05, 3.63) is 29.6 Å². The standard InChI is InChI=1S/C11H13F3N2/c12-11(13,14)8-1-6-16-7-9(8)10(2-3-10)4-5-15/h1,6-7H,2-5,15H2. The maximum Gasteiger partial charge on any atom is 0.416 e. The summed E-state index contributed by atoms with van der Waals surface area (Å²) < 4.78 is 38.4. The van der Waals surface area contributed by atoms with Gasteiger partial charge in [-0.2, -0.15) is 13.2 Å². The van der Waals surface area contributed by atoms with Gasteiger partial charge in [0.05, 0.1) is 5.56 Å². The van der Waals surface area contributed by atoms with Crippen molar-refractivity contribution in [3.63, 3.8) is 0 Å². The van der Waals surface area contributed by atoms with Gasteiger partial charge in [0.25, 0.3) is 0 Å². The molecule has 0 bridgehead atoms. The highest BCUT2D eigenvalue weighted by molar-refractivity contribution is 5.38. The third-order valence-electron chi connectivity index (χ3n) is 3.17. The van der Waals surface area contributed by atoms with Gasteiger partial charge in [0.1, 0.15) is 0 Å². The van der Waals surface area contributed by atoms with Gasteiger partial charge in [-0.1, -0.05) is 0 Å². The van der Waals surface area contributed by atoms with Crippen LogP contribution < -0.4 is 5.73 Å². The Hall–Kier alpha value is -1.10. The van der Waals surface area contributed by atoms with Gasteiger partial charge in [0, 0.05) is 12.4 Å². The van der Waals surface area contributed by atoms with Gasteiger partial charge in [-0.15, -0.1) is 0 Å². The Morgan fingerprint density at radius 3 is 2.56 bits per heavy atom. The first kappa shape index (κ1) is 11.4. The molecule has 5 heteroatoms. The molecule has 0 saturated heterocycles. The Balaban J connectivity index is 2.41. The van der Waals surface area contributed by atoms with Crippen LogP contribution >= 0.6 is 0 Å². The second-order valence-corrected chi connectivity index (χ2v) is 4.24. The zero-order valence-electron chi connectivity index (χ0n) is 8.72. The predicted molar refractivity (Wildman–Crippen MR) is 53.8 cm³/mol. The van der Waals surface area contributed by atoms with E-state index in [4.69, 9.17) is 5.73 Å². The van der Waals surface area contributed by atoms with E-state index in [1.54, 1.807) is 0 Å². The summed E-state index contributed by atoms with van der Waals surface area (Å²) in [6, 6.07) is 1.05. The molecule has 1 aromatic heterocycles. The van der Waals surface area contributed by atoms with E-state index in [0.29, 0.717) is 18.5 Å². The number of hydrogen-bond acceptors (Lipinski definition) is 2. The molecule has 88 valence electrons. The fourth-order valence-corrected chi connectivity index (χ4v) is 2.15. The van der Waals surface area contributed by atoms with Gasteiger partial charge >= 0.3 is 6.18 Å². The number of rotatable bonds is 3.